The number of carboxylic acid groups (broad SMARTS) is 1. The van der Waals surface area contributed by atoms with Crippen LogP contribution in [0.3, 0.4) is 0 Å². The summed E-state index contributed by atoms with van der Waals surface area (Å²) >= 11 is 0. The van der Waals surface area contributed by atoms with Crippen molar-refractivity contribution in [2.24, 2.45) is 34.2 Å². The number of allylic oxidation sites excluding steroid dienone is 16. The molecule has 0 rings (SSSR count). The number of aliphatic hydroxyl groups is 13. The lowest BCUT2D eigenvalue weighted by molar-refractivity contribution is -0.134. The Kier molecular flexibility index (Phi) is 43.0. The van der Waals surface area contributed by atoms with E-state index in [1.807, 2.05) is 31.2 Å². The SMILES string of the molecule is C\C(=C/C=C/C=C/CC/C=C/C(C)C(O)C(C)C(O)/C=C/C=C/C=C/C=C/C=C/C=C\C(OS(=O)(=O)O)C(C)C(=O)C(O)CC(O)/C=C/CC(O)CC(O)CC(O)/C=C/CC(O)CC(O)C(O)C(O)CC(O)CC(O)CCCN=C(N)N)C(=O)O. The fourth-order valence-electron chi connectivity index (χ4n) is 8.06. The van der Waals surface area contributed by atoms with Gasteiger partial charge in [-0.15, -0.1) is 0 Å². The highest BCUT2D eigenvalue weighted by Gasteiger charge is 2.32. The molecule has 482 valence electrons. The zero-order chi connectivity index (χ0) is 64.5. The lowest BCUT2D eigenvalue weighted by Gasteiger charge is -2.26. The van der Waals surface area contributed by atoms with Crippen LogP contribution in [0.5, 0.6) is 0 Å². The Labute approximate surface area is 500 Å². The molecule has 85 heavy (non-hydrogen) atoms. The molecule has 17 atom stereocenters. The molecule has 0 aromatic heterocycles. The van der Waals surface area contributed by atoms with Crippen LogP contribution in [0.1, 0.15) is 105 Å². The molecular weight excluding hydrogens is 1130 g/mol. The smallest absolute Gasteiger partial charge is 0.397 e. The van der Waals surface area contributed by atoms with E-state index < -0.39 is 126 Å². The van der Waals surface area contributed by atoms with Crippen molar-refractivity contribution in [3.63, 3.8) is 0 Å². The Hall–Kier alpha value is -5.36. The first-order valence-electron chi connectivity index (χ1n) is 28.3. The number of rotatable bonds is 46. The molecule has 0 bridgehead atoms. The van der Waals surface area contributed by atoms with E-state index in [0.29, 0.717) is 6.42 Å². The number of nitrogens with two attached hydrogens (primary N) is 2. The second-order valence-electron chi connectivity index (χ2n) is 20.9. The minimum atomic E-state index is -5.05. The minimum Gasteiger partial charge on any atom is -0.478 e. The standard InChI is InChI=1S/C61H97N3O20S/c1-41(25-18-14-10-9-11-15-19-26-42(2)60(79)80)57(76)43(3)52(72)32-20-16-12-7-5-6-8-13-17-21-33-56(84-85(81,82)83)44(4)58(77)53(73)38-48(68)29-22-27-45(65)35-50(70)36-46(66)28-23-30-49(69)39-54(74)59(78)55(75)40-51(71)37-47(67)31-24-34-64-61(62)63/h5-9,11-13,15-23,25-26,28-29,32-33,41,43-57,59,65-76,78H,10,14,24,27,30-31,34-40H2,1-4H3,(H,79,80)(H4,62,63,64)(H,81,82,83)/b7-5+,8-6+,11-9+,16-12+,17-13+,19-15+,25-18+,28-23+,29-22+,32-20+,33-21-,42-26+. The molecule has 0 aliphatic rings. The first-order valence-corrected chi connectivity index (χ1v) is 29.7. The van der Waals surface area contributed by atoms with Gasteiger partial charge in [0.2, 0.25) is 0 Å². The van der Waals surface area contributed by atoms with Crippen molar-refractivity contribution in [2.75, 3.05) is 6.54 Å². The number of aliphatic imine (C=N–C) groups is 1. The molecule has 19 N–H and O–H groups in total. The number of unbranched alkanes of at least 4 members (excludes halogenated alkanes) is 1. The number of aliphatic hydroxyl groups excluding tert-OH is 13. The molecular formula is C61H97N3O20S. The molecule has 0 heterocycles. The number of carboxylic acids is 1. The van der Waals surface area contributed by atoms with Gasteiger partial charge in [0.1, 0.15) is 18.3 Å². The topological polar surface area (TPSA) is 445 Å². The van der Waals surface area contributed by atoms with Crippen LogP contribution in [0.2, 0.25) is 0 Å². The van der Waals surface area contributed by atoms with Gasteiger partial charge in [-0.25, -0.2) is 8.98 Å². The zero-order valence-corrected chi connectivity index (χ0v) is 49.9. The van der Waals surface area contributed by atoms with E-state index in [9.17, 15) is 88.9 Å². The summed E-state index contributed by atoms with van der Waals surface area (Å²) in [6.07, 6.45) is 18.8. The van der Waals surface area contributed by atoms with Gasteiger partial charge in [0, 0.05) is 55.6 Å². The Morgan fingerprint density at radius 1 is 0.541 bits per heavy atom. The Morgan fingerprint density at radius 2 is 1.02 bits per heavy atom. The summed E-state index contributed by atoms with van der Waals surface area (Å²) in [6.45, 7) is 6.68. The van der Waals surface area contributed by atoms with E-state index in [4.69, 9.17) is 16.6 Å². The van der Waals surface area contributed by atoms with Crippen LogP contribution in [0.15, 0.2) is 150 Å². The molecule has 23 nitrogen and oxygen atoms in total. The van der Waals surface area contributed by atoms with Crippen molar-refractivity contribution in [3.8, 4) is 0 Å². The van der Waals surface area contributed by atoms with Crippen molar-refractivity contribution in [3.05, 3.63) is 145 Å². The second kappa shape index (κ2) is 45.9. The summed E-state index contributed by atoms with van der Waals surface area (Å²) in [5.74, 6) is -3.94. The van der Waals surface area contributed by atoms with Crippen LogP contribution in [0.25, 0.3) is 0 Å². The second-order valence-corrected chi connectivity index (χ2v) is 21.9. The van der Waals surface area contributed by atoms with Gasteiger partial charge in [-0.2, -0.15) is 8.42 Å². The van der Waals surface area contributed by atoms with Crippen molar-refractivity contribution in [2.45, 2.75) is 190 Å². The monoisotopic (exact) mass is 1220 g/mol. The number of hydrogen-bond donors (Lipinski definition) is 17. The largest absolute Gasteiger partial charge is 0.478 e. The third-order valence-electron chi connectivity index (χ3n) is 13.1. The number of nitrogens with zero attached hydrogens (tertiary/aromatic N) is 1. The third-order valence-corrected chi connectivity index (χ3v) is 13.6. The molecule has 0 amide bonds. The lowest BCUT2D eigenvalue weighted by Crippen LogP contribution is -2.41. The molecule has 0 spiro atoms. The Morgan fingerprint density at radius 3 is 1.58 bits per heavy atom. The maximum absolute atomic E-state index is 13.1. The van der Waals surface area contributed by atoms with Crippen molar-refractivity contribution >= 4 is 28.1 Å². The van der Waals surface area contributed by atoms with Crippen molar-refractivity contribution < 1.29 is 98.2 Å². The number of Topliss-reactive ketones (excluding diaryl/α,β-unsaturated/α-hetero) is 1. The van der Waals surface area contributed by atoms with Crippen LogP contribution >= 0.6 is 0 Å². The van der Waals surface area contributed by atoms with Crippen LogP contribution in [-0.4, -0.2) is 194 Å². The number of guanidine groups is 1. The van der Waals surface area contributed by atoms with Gasteiger partial charge in [0.25, 0.3) is 0 Å². The fraction of sp³-hybridized carbons (Fsp3) is 0.557. The van der Waals surface area contributed by atoms with Gasteiger partial charge in [-0.05, 0) is 58.3 Å². The molecule has 17 unspecified atom stereocenters. The molecule has 0 saturated heterocycles. The normalized spacial score (nSPS) is 19.6. The summed E-state index contributed by atoms with van der Waals surface area (Å²) in [7, 11) is -5.05. The first-order chi connectivity index (χ1) is 39.9. The van der Waals surface area contributed by atoms with Gasteiger partial charge < -0.3 is 83.0 Å². The number of carbonyl (C=O) groups is 2. The molecule has 24 heteroatoms. The lowest BCUT2D eigenvalue weighted by atomic mass is 9.88. The summed E-state index contributed by atoms with van der Waals surface area (Å²) in [5, 5.41) is 144. The Balaban J connectivity index is 4.93. The van der Waals surface area contributed by atoms with Crippen LogP contribution in [0.4, 0.5) is 0 Å². The highest BCUT2D eigenvalue weighted by molar-refractivity contribution is 7.80. The maximum atomic E-state index is 13.1. The zero-order valence-electron chi connectivity index (χ0n) is 49.0. The molecule has 0 aromatic rings. The number of aliphatic carboxylic acids is 1. The van der Waals surface area contributed by atoms with Gasteiger partial charge >= 0.3 is 16.4 Å². The number of carbonyl (C=O) groups excluding carboxylic acids is 1. The summed E-state index contributed by atoms with van der Waals surface area (Å²) in [4.78, 5) is 27.7. The van der Waals surface area contributed by atoms with Gasteiger partial charge in [0.15, 0.2) is 11.7 Å². The van der Waals surface area contributed by atoms with Crippen LogP contribution < -0.4 is 11.5 Å². The average molecular weight is 1220 g/mol. The van der Waals surface area contributed by atoms with E-state index in [1.54, 1.807) is 73.8 Å². The van der Waals surface area contributed by atoms with E-state index in [2.05, 4.69) is 9.18 Å². The van der Waals surface area contributed by atoms with E-state index in [0.717, 1.165) is 12.8 Å². The van der Waals surface area contributed by atoms with E-state index in [1.165, 1.54) is 62.5 Å². The van der Waals surface area contributed by atoms with Crippen LogP contribution in [-0.2, 0) is 24.2 Å². The predicted octanol–water partition coefficient (Wildman–Crippen LogP) is 2.45. The molecule has 0 fully saturated rings. The van der Waals surface area contributed by atoms with E-state index >= 15 is 0 Å². The van der Waals surface area contributed by atoms with Gasteiger partial charge in [0.05, 0.1) is 67.1 Å². The highest BCUT2D eigenvalue weighted by atomic mass is 32.3. The van der Waals surface area contributed by atoms with E-state index in [-0.39, 0.29) is 75.4 Å². The number of ketones is 1. The average Bonchev–Trinajstić information content (AvgIpc) is 3.48. The first kappa shape index (κ1) is 79.6. The molecule has 0 aliphatic heterocycles. The molecule has 0 radical (unpaired) electrons. The molecule has 0 saturated carbocycles. The maximum Gasteiger partial charge on any atom is 0.397 e. The quantitative estimate of drug-likeness (QED) is 0.00791. The molecule has 0 aromatic carbocycles. The third kappa shape index (κ3) is 41.4. The highest BCUT2D eigenvalue weighted by Crippen LogP contribution is 2.21. The predicted molar refractivity (Wildman–Crippen MR) is 325 cm³/mol. The van der Waals surface area contributed by atoms with Gasteiger partial charge in [-0.1, -0.05) is 161 Å². The van der Waals surface area contributed by atoms with Crippen molar-refractivity contribution in [1.29, 1.82) is 0 Å². The summed E-state index contributed by atoms with van der Waals surface area (Å²) in [6, 6.07) is 0. The van der Waals surface area contributed by atoms with Crippen molar-refractivity contribution in [1.82, 2.24) is 0 Å². The molecule has 0 aliphatic carbocycles. The minimum absolute atomic E-state index is 0.0825. The Bertz CT molecular complexity index is 2390. The summed E-state index contributed by atoms with van der Waals surface area (Å²) in [5.41, 5.74) is 10.7. The summed E-state index contributed by atoms with van der Waals surface area (Å²) < 4.78 is 37.3. The number of hydrogen-bond acceptors (Lipinski definition) is 19. The fourth-order valence-corrected chi connectivity index (χ4v) is 8.57. The van der Waals surface area contributed by atoms with Crippen LogP contribution in [0, 0.1) is 17.8 Å². The van der Waals surface area contributed by atoms with Gasteiger partial charge in [-0.3, -0.25) is 14.3 Å².